The highest BCUT2D eigenvalue weighted by atomic mass is 79.9. The lowest BCUT2D eigenvalue weighted by molar-refractivity contribution is -0.162. The zero-order chi connectivity index (χ0) is 15.8. The number of benzene rings is 1. The second-order valence-electron chi connectivity index (χ2n) is 6.75. The Morgan fingerprint density at radius 2 is 1.91 bits per heavy atom. The summed E-state index contributed by atoms with van der Waals surface area (Å²) in [5.74, 6) is -0.280. The molecule has 0 spiro atoms. The molecule has 0 aliphatic heterocycles. The van der Waals surface area contributed by atoms with Crippen LogP contribution in [0.4, 0.5) is 10.1 Å². The summed E-state index contributed by atoms with van der Waals surface area (Å²) in [7, 11) is 1.49. The van der Waals surface area contributed by atoms with Crippen LogP contribution in [0.1, 0.15) is 38.5 Å². The molecule has 0 saturated heterocycles. The molecule has 3 fully saturated rings. The molecule has 3 nitrogen and oxygen atoms in total. The predicted molar refractivity (Wildman–Crippen MR) is 87.2 cm³/mol. The Morgan fingerprint density at radius 3 is 2.45 bits per heavy atom. The third-order valence-electron chi connectivity index (χ3n) is 5.61. The van der Waals surface area contributed by atoms with E-state index < -0.39 is 0 Å². The third-order valence-corrected chi connectivity index (χ3v) is 6.21. The summed E-state index contributed by atoms with van der Waals surface area (Å²) in [6.07, 6.45) is 5.93. The molecule has 4 rings (SSSR count). The van der Waals surface area contributed by atoms with Crippen molar-refractivity contribution in [3.63, 3.8) is 0 Å². The van der Waals surface area contributed by atoms with Gasteiger partial charge in [0.15, 0.2) is 0 Å². The van der Waals surface area contributed by atoms with Crippen LogP contribution in [0.2, 0.25) is 0 Å². The van der Waals surface area contributed by atoms with Crippen LogP contribution in [-0.4, -0.2) is 19.6 Å². The van der Waals surface area contributed by atoms with E-state index >= 15 is 0 Å². The van der Waals surface area contributed by atoms with E-state index in [0.717, 1.165) is 50.8 Å². The molecule has 0 aromatic heterocycles. The molecule has 5 heteroatoms. The summed E-state index contributed by atoms with van der Waals surface area (Å²) in [4.78, 5) is 12.0. The van der Waals surface area contributed by atoms with E-state index in [9.17, 15) is 9.18 Å². The van der Waals surface area contributed by atoms with E-state index in [1.807, 2.05) is 0 Å². The van der Waals surface area contributed by atoms with Gasteiger partial charge in [-0.25, -0.2) is 4.39 Å². The van der Waals surface area contributed by atoms with Crippen molar-refractivity contribution in [3.8, 4) is 0 Å². The van der Waals surface area contributed by atoms with Gasteiger partial charge in [-0.2, -0.15) is 0 Å². The van der Waals surface area contributed by atoms with Crippen molar-refractivity contribution in [2.45, 2.75) is 38.5 Å². The molecular weight excluding hydrogens is 349 g/mol. The molecule has 1 aromatic carbocycles. The molecule has 0 radical (unpaired) electrons. The summed E-state index contributed by atoms with van der Waals surface area (Å²) < 4.78 is 18.8. The fourth-order valence-electron chi connectivity index (χ4n) is 3.95. The first kappa shape index (κ1) is 15.8. The minimum absolute atomic E-state index is 0.0313. The SMILES string of the molecule is COC(=O)C12CCC(CNc3ccc(F)c(Br)c3)(CC1)CC2. The molecule has 2 bridgehead atoms. The van der Waals surface area contributed by atoms with Crippen LogP contribution < -0.4 is 5.32 Å². The van der Waals surface area contributed by atoms with Gasteiger partial charge in [0.25, 0.3) is 0 Å². The average Bonchev–Trinajstić information content (AvgIpc) is 2.57. The molecule has 0 atom stereocenters. The first-order valence-electron chi connectivity index (χ1n) is 7.76. The highest BCUT2D eigenvalue weighted by Crippen LogP contribution is 2.57. The minimum atomic E-state index is -0.248. The number of esters is 1. The summed E-state index contributed by atoms with van der Waals surface area (Å²) in [6.45, 7) is 0.877. The molecule has 0 amide bonds. The van der Waals surface area contributed by atoms with Crippen molar-refractivity contribution in [1.82, 2.24) is 0 Å². The van der Waals surface area contributed by atoms with Gasteiger partial charge in [-0.3, -0.25) is 4.79 Å². The highest BCUT2D eigenvalue weighted by molar-refractivity contribution is 9.10. The van der Waals surface area contributed by atoms with Gasteiger partial charge >= 0.3 is 5.97 Å². The van der Waals surface area contributed by atoms with Gasteiger partial charge in [0.05, 0.1) is 17.0 Å². The van der Waals surface area contributed by atoms with E-state index in [0.29, 0.717) is 4.47 Å². The Kier molecular flexibility index (Phi) is 4.19. The van der Waals surface area contributed by atoms with Crippen LogP contribution in [0.5, 0.6) is 0 Å². The van der Waals surface area contributed by atoms with Crippen LogP contribution in [0.15, 0.2) is 22.7 Å². The number of fused-ring (bicyclic) bond motifs is 3. The number of rotatable bonds is 4. The van der Waals surface area contributed by atoms with Crippen LogP contribution in [0.25, 0.3) is 0 Å². The number of ether oxygens (including phenoxy) is 1. The second-order valence-corrected chi connectivity index (χ2v) is 7.61. The fraction of sp³-hybridized carbons (Fsp3) is 0.588. The van der Waals surface area contributed by atoms with Crippen molar-refractivity contribution in [2.24, 2.45) is 10.8 Å². The van der Waals surface area contributed by atoms with E-state index in [1.165, 1.54) is 13.2 Å². The zero-order valence-electron chi connectivity index (χ0n) is 12.8. The van der Waals surface area contributed by atoms with Gasteiger partial charge in [0, 0.05) is 12.2 Å². The van der Waals surface area contributed by atoms with Crippen LogP contribution >= 0.6 is 15.9 Å². The van der Waals surface area contributed by atoms with Crippen molar-refractivity contribution >= 4 is 27.6 Å². The smallest absolute Gasteiger partial charge is 0.311 e. The van der Waals surface area contributed by atoms with Crippen molar-refractivity contribution in [3.05, 3.63) is 28.5 Å². The molecule has 0 unspecified atom stereocenters. The van der Waals surface area contributed by atoms with E-state index in [4.69, 9.17) is 4.74 Å². The lowest BCUT2D eigenvalue weighted by Crippen LogP contribution is -2.48. The molecule has 3 aliphatic rings. The van der Waals surface area contributed by atoms with Gasteiger partial charge in [0.1, 0.15) is 5.82 Å². The van der Waals surface area contributed by atoms with Crippen molar-refractivity contribution < 1.29 is 13.9 Å². The van der Waals surface area contributed by atoms with E-state index in [-0.39, 0.29) is 22.6 Å². The Labute approximate surface area is 138 Å². The van der Waals surface area contributed by atoms with Crippen molar-refractivity contribution in [1.29, 1.82) is 0 Å². The number of hydrogen-bond donors (Lipinski definition) is 1. The van der Waals surface area contributed by atoms with Gasteiger partial charge in [0.2, 0.25) is 0 Å². The normalized spacial score (nSPS) is 30.1. The average molecular weight is 370 g/mol. The topological polar surface area (TPSA) is 38.3 Å². The maximum absolute atomic E-state index is 13.3. The largest absolute Gasteiger partial charge is 0.469 e. The maximum atomic E-state index is 13.3. The van der Waals surface area contributed by atoms with E-state index in [1.54, 1.807) is 12.1 Å². The van der Waals surface area contributed by atoms with Gasteiger partial charge in [-0.05, 0) is 78.1 Å². The zero-order valence-corrected chi connectivity index (χ0v) is 14.3. The van der Waals surface area contributed by atoms with E-state index in [2.05, 4.69) is 21.2 Å². The first-order valence-corrected chi connectivity index (χ1v) is 8.55. The van der Waals surface area contributed by atoms with Gasteiger partial charge in [-0.15, -0.1) is 0 Å². The van der Waals surface area contributed by atoms with Crippen LogP contribution in [-0.2, 0) is 9.53 Å². The van der Waals surface area contributed by atoms with Gasteiger partial charge < -0.3 is 10.1 Å². The monoisotopic (exact) mass is 369 g/mol. The molecule has 120 valence electrons. The number of carbonyl (C=O) groups excluding carboxylic acids is 1. The molecule has 0 heterocycles. The Bertz CT molecular complexity index is 565. The second kappa shape index (κ2) is 5.84. The minimum Gasteiger partial charge on any atom is -0.469 e. The van der Waals surface area contributed by atoms with Crippen LogP contribution in [0, 0.1) is 16.6 Å². The quantitative estimate of drug-likeness (QED) is 0.793. The number of methoxy groups -OCH3 is 1. The highest BCUT2D eigenvalue weighted by Gasteiger charge is 2.52. The molecule has 1 N–H and O–H groups in total. The standard InChI is InChI=1S/C17H21BrFNO2/c1-22-15(21)17-7-4-16(5-8-17,6-9-17)11-20-12-2-3-14(19)13(18)10-12/h2-3,10,20H,4-9,11H2,1H3. The molecule has 1 aromatic rings. The first-order chi connectivity index (χ1) is 10.5. The maximum Gasteiger partial charge on any atom is 0.311 e. The Hall–Kier alpha value is -1.10. The van der Waals surface area contributed by atoms with Crippen LogP contribution in [0.3, 0.4) is 0 Å². The number of anilines is 1. The Balaban J connectivity index is 1.63. The summed E-state index contributed by atoms with van der Waals surface area (Å²) in [5, 5.41) is 3.44. The lowest BCUT2D eigenvalue weighted by Gasteiger charge is -2.52. The number of carbonyl (C=O) groups is 1. The summed E-state index contributed by atoms with van der Waals surface area (Å²) in [6, 6.07) is 5.01. The number of halogens is 2. The number of nitrogens with one attached hydrogen (secondary N) is 1. The Morgan fingerprint density at radius 1 is 1.27 bits per heavy atom. The van der Waals surface area contributed by atoms with Gasteiger partial charge in [-0.1, -0.05) is 0 Å². The fourth-order valence-corrected chi connectivity index (χ4v) is 4.33. The molecular formula is C17H21BrFNO2. The predicted octanol–water partition coefficient (Wildman–Crippen LogP) is 4.51. The molecule has 3 aliphatic carbocycles. The van der Waals surface area contributed by atoms with Crippen molar-refractivity contribution in [2.75, 3.05) is 19.0 Å². The number of hydrogen-bond acceptors (Lipinski definition) is 3. The summed E-state index contributed by atoms with van der Waals surface area (Å²) in [5.41, 5.74) is 0.962. The molecule has 22 heavy (non-hydrogen) atoms. The third kappa shape index (κ3) is 2.75. The molecule has 3 saturated carbocycles. The summed E-state index contributed by atoms with van der Waals surface area (Å²) >= 11 is 3.21. The lowest BCUT2D eigenvalue weighted by atomic mass is 9.53.